The van der Waals surface area contributed by atoms with E-state index in [0.717, 1.165) is 5.70 Å². The van der Waals surface area contributed by atoms with Crippen LogP contribution in [0.1, 0.15) is 6.92 Å². The van der Waals surface area contributed by atoms with Crippen molar-refractivity contribution in [2.24, 2.45) is 5.10 Å². The van der Waals surface area contributed by atoms with Crippen LogP contribution in [0.5, 0.6) is 0 Å². The van der Waals surface area contributed by atoms with Gasteiger partial charge < -0.3 is 0 Å². The van der Waals surface area contributed by atoms with E-state index in [2.05, 4.69) is 10.6 Å². The Morgan fingerprint density at radius 1 is 1.67 bits per heavy atom. The molecule has 0 saturated heterocycles. The van der Waals surface area contributed by atoms with Gasteiger partial charge in [0, 0.05) is 0 Å². The van der Waals surface area contributed by atoms with Crippen molar-refractivity contribution in [3.8, 4) is 0 Å². The van der Waals surface area contributed by atoms with Crippen molar-refractivity contribution in [1.29, 1.82) is 0 Å². The third-order valence-corrected chi connectivity index (χ3v) is 0.990. The van der Waals surface area contributed by atoms with Crippen LogP contribution in [0, 0.1) is 0 Å². The molecule has 0 spiro atoms. The molecule has 9 heavy (non-hydrogen) atoms. The van der Waals surface area contributed by atoms with Gasteiger partial charge in [0.25, 0.3) is 0 Å². The Hall–Kier alpha value is -1.03. The van der Waals surface area contributed by atoms with Crippen molar-refractivity contribution in [3.05, 3.63) is 11.8 Å². The van der Waals surface area contributed by atoms with Crippen LogP contribution in [0.2, 0.25) is 0 Å². The molecule has 1 radical (unpaired) electrons. The van der Waals surface area contributed by atoms with E-state index in [-0.39, 0.29) is 0 Å². The van der Waals surface area contributed by atoms with E-state index in [9.17, 15) is 0 Å². The van der Waals surface area contributed by atoms with Gasteiger partial charge in [-0.15, -0.1) is 10.3 Å². The standard InChI is InChI=1S/C5H8N3O/c1-5-3-4-6-7-8(5)9-2/h3-4H,1-2H3. The Morgan fingerprint density at radius 2 is 2.44 bits per heavy atom. The van der Waals surface area contributed by atoms with Gasteiger partial charge >= 0.3 is 0 Å². The zero-order valence-electron chi connectivity index (χ0n) is 5.40. The maximum atomic E-state index is 4.79. The lowest BCUT2D eigenvalue weighted by molar-refractivity contribution is -0.145. The van der Waals surface area contributed by atoms with Crippen LogP contribution in [-0.4, -0.2) is 18.5 Å². The summed E-state index contributed by atoms with van der Waals surface area (Å²) in [7, 11) is 1.54. The number of nitrogens with zero attached hydrogens (tertiary/aromatic N) is 3. The monoisotopic (exact) mass is 126 g/mol. The van der Waals surface area contributed by atoms with Crippen LogP contribution in [0.15, 0.2) is 16.9 Å². The summed E-state index contributed by atoms with van der Waals surface area (Å²) in [5.74, 6) is 0. The number of hydrogen-bond donors (Lipinski definition) is 0. The van der Waals surface area contributed by atoms with Crippen LogP contribution < -0.4 is 5.53 Å². The van der Waals surface area contributed by atoms with E-state index in [4.69, 9.17) is 4.84 Å². The minimum absolute atomic E-state index is 0.924. The predicted octanol–water partition coefficient (Wildman–Crippen LogP) is 0.272. The normalized spacial score (nSPS) is 17.1. The third-order valence-electron chi connectivity index (χ3n) is 0.990. The fourth-order valence-corrected chi connectivity index (χ4v) is 0.533. The first-order valence-corrected chi connectivity index (χ1v) is 2.59. The summed E-state index contributed by atoms with van der Waals surface area (Å²) < 4.78 is 0. The molecule has 4 heteroatoms. The molecule has 1 heterocycles. The second-order valence-electron chi connectivity index (χ2n) is 1.62. The number of hydroxylamine groups is 1. The maximum absolute atomic E-state index is 4.79. The highest BCUT2D eigenvalue weighted by atomic mass is 16.7. The number of hydrogen-bond acceptors (Lipinski definition) is 3. The maximum Gasteiger partial charge on any atom is 0.0677 e. The molecule has 1 aliphatic heterocycles. The first-order chi connectivity index (χ1) is 4.34. The molecular formula is C5H8N3O. The van der Waals surface area contributed by atoms with E-state index >= 15 is 0 Å². The molecule has 4 nitrogen and oxygen atoms in total. The summed E-state index contributed by atoms with van der Waals surface area (Å²) in [6.45, 7) is 1.89. The van der Waals surface area contributed by atoms with Gasteiger partial charge in [0.15, 0.2) is 0 Å². The molecule has 0 unspecified atom stereocenters. The van der Waals surface area contributed by atoms with Gasteiger partial charge in [-0.2, -0.15) is 0 Å². The molecule has 0 atom stereocenters. The van der Waals surface area contributed by atoms with E-state index in [1.807, 2.05) is 13.0 Å². The Morgan fingerprint density at radius 3 is 2.89 bits per heavy atom. The van der Waals surface area contributed by atoms with Crippen molar-refractivity contribution >= 4 is 6.21 Å². The number of rotatable bonds is 1. The van der Waals surface area contributed by atoms with Gasteiger partial charge in [-0.25, -0.2) is 0 Å². The Bertz CT molecular complexity index is 152. The van der Waals surface area contributed by atoms with Crippen molar-refractivity contribution < 1.29 is 4.84 Å². The van der Waals surface area contributed by atoms with E-state index < -0.39 is 0 Å². The molecule has 49 valence electrons. The summed E-state index contributed by atoms with van der Waals surface area (Å²) in [6, 6.07) is 0. The highest BCUT2D eigenvalue weighted by Crippen LogP contribution is 2.02. The van der Waals surface area contributed by atoms with Crippen LogP contribution in [-0.2, 0) is 4.84 Å². The molecular weight excluding hydrogens is 118 g/mol. The van der Waals surface area contributed by atoms with Gasteiger partial charge in [-0.1, -0.05) is 0 Å². The van der Waals surface area contributed by atoms with Crippen LogP contribution >= 0.6 is 0 Å². The lowest BCUT2D eigenvalue weighted by Crippen LogP contribution is -2.27. The van der Waals surface area contributed by atoms with E-state index in [1.165, 1.54) is 5.17 Å². The SMILES string of the molecule is CON1[N]N=CC=C1C. The van der Waals surface area contributed by atoms with Gasteiger partial charge in [-0.3, -0.25) is 4.84 Å². The van der Waals surface area contributed by atoms with Crippen molar-refractivity contribution in [3.63, 3.8) is 0 Å². The molecule has 0 saturated carbocycles. The zero-order valence-corrected chi connectivity index (χ0v) is 5.40. The highest BCUT2D eigenvalue weighted by molar-refractivity contribution is 5.72. The molecule has 1 aliphatic rings. The van der Waals surface area contributed by atoms with Gasteiger partial charge in [0.2, 0.25) is 0 Å². The van der Waals surface area contributed by atoms with Gasteiger partial charge in [0.05, 0.1) is 19.0 Å². The fourth-order valence-electron chi connectivity index (χ4n) is 0.533. The predicted molar refractivity (Wildman–Crippen MR) is 33.2 cm³/mol. The topological polar surface area (TPSA) is 38.9 Å². The highest BCUT2D eigenvalue weighted by Gasteiger charge is 2.05. The summed E-state index contributed by atoms with van der Waals surface area (Å²) in [5, 5.41) is 4.95. The molecule has 0 aliphatic carbocycles. The quantitative estimate of drug-likeness (QED) is 0.506. The summed E-state index contributed by atoms with van der Waals surface area (Å²) in [6.07, 6.45) is 3.43. The molecule has 0 aromatic rings. The van der Waals surface area contributed by atoms with Crippen molar-refractivity contribution in [1.82, 2.24) is 10.7 Å². The van der Waals surface area contributed by atoms with Crippen molar-refractivity contribution in [2.45, 2.75) is 6.92 Å². The molecule has 0 fully saturated rings. The van der Waals surface area contributed by atoms with E-state index in [1.54, 1.807) is 13.3 Å². The molecule has 0 N–H and O–H groups in total. The fraction of sp³-hybridized carbons (Fsp3) is 0.400. The Kier molecular flexibility index (Phi) is 1.69. The lowest BCUT2D eigenvalue weighted by atomic mass is 10.4. The first kappa shape index (κ1) is 6.10. The first-order valence-electron chi connectivity index (χ1n) is 2.59. The zero-order chi connectivity index (χ0) is 6.69. The average Bonchev–Trinajstić information content (AvgIpc) is 1.89. The van der Waals surface area contributed by atoms with Crippen molar-refractivity contribution in [2.75, 3.05) is 7.11 Å². The average molecular weight is 126 g/mol. The Balaban J connectivity index is 2.59. The molecule has 0 aromatic carbocycles. The lowest BCUT2D eigenvalue weighted by Gasteiger charge is -2.18. The summed E-state index contributed by atoms with van der Waals surface area (Å²) in [4.78, 5) is 4.79. The number of allylic oxidation sites excluding steroid dienone is 2. The molecule has 0 amide bonds. The van der Waals surface area contributed by atoms with Crippen LogP contribution in [0.25, 0.3) is 0 Å². The smallest absolute Gasteiger partial charge is 0.0677 e. The Labute approximate surface area is 53.7 Å². The second kappa shape index (κ2) is 2.50. The molecule has 0 bridgehead atoms. The minimum Gasteiger partial charge on any atom is -0.254 e. The molecule has 1 rings (SSSR count). The minimum atomic E-state index is 0.924. The van der Waals surface area contributed by atoms with E-state index in [0.29, 0.717) is 0 Å². The molecule has 0 aromatic heterocycles. The van der Waals surface area contributed by atoms with Gasteiger partial charge in [-0.05, 0) is 18.5 Å². The summed E-state index contributed by atoms with van der Waals surface area (Å²) >= 11 is 0. The van der Waals surface area contributed by atoms with Gasteiger partial charge in [0.1, 0.15) is 0 Å². The van der Waals surface area contributed by atoms with Crippen LogP contribution in [0.4, 0.5) is 0 Å². The van der Waals surface area contributed by atoms with Crippen LogP contribution in [0.3, 0.4) is 0 Å². The second-order valence-corrected chi connectivity index (χ2v) is 1.62. The largest absolute Gasteiger partial charge is 0.254 e. The summed E-state index contributed by atoms with van der Waals surface area (Å²) in [5.41, 5.74) is 4.56. The third kappa shape index (κ3) is 1.20.